The van der Waals surface area contributed by atoms with Gasteiger partial charge in [-0.15, -0.1) is 5.10 Å². The van der Waals surface area contributed by atoms with Crippen LogP contribution in [0, 0.1) is 20.8 Å². The number of ether oxygens (including phenoxy) is 1. The molecule has 0 radical (unpaired) electrons. The summed E-state index contributed by atoms with van der Waals surface area (Å²) in [7, 11) is 0. The minimum absolute atomic E-state index is 0.0195. The van der Waals surface area contributed by atoms with Crippen LogP contribution in [-0.4, -0.2) is 38.4 Å². The third-order valence-electron chi connectivity index (χ3n) is 4.01. The quantitative estimate of drug-likeness (QED) is 0.435. The highest BCUT2D eigenvalue weighted by Gasteiger charge is 2.18. The Bertz CT molecular complexity index is 1010. The molecule has 0 aliphatic carbocycles. The van der Waals surface area contributed by atoms with Crippen LogP contribution >= 0.6 is 11.8 Å². The molecule has 0 spiro atoms. The van der Waals surface area contributed by atoms with Crippen molar-refractivity contribution in [1.82, 2.24) is 20.2 Å². The number of tetrazole rings is 1. The van der Waals surface area contributed by atoms with Crippen LogP contribution in [0.3, 0.4) is 0 Å². The van der Waals surface area contributed by atoms with Gasteiger partial charge in [-0.05, 0) is 55.0 Å². The van der Waals surface area contributed by atoms with Crippen molar-refractivity contribution in [2.24, 2.45) is 0 Å². The van der Waals surface area contributed by atoms with Gasteiger partial charge in [0.25, 0.3) is 0 Å². The molecule has 1 aromatic heterocycles. The summed E-state index contributed by atoms with van der Waals surface area (Å²) in [5, 5.41) is 12.1. The minimum Gasteiger partial charge on any atom is -0.434 e. The monoisotopic (exact) mass is 404 g/mol. The van der Waals surface area contributed by atoms with Gasteiger partial charge in [0, 0.05) is 0 Å². The van der Waals surface area contributed by atoms with Crippen molar-refractivity contribution in [2.45, 2.75) is 32.5 Å². The van der Waals surface area contributed by atoms with Crippen LogP contribution in [0.15, 0.2) is 41.6 Å². The smallest absolute Gasteiger partial charge is 0.387 e. The van der Waals surface area contributed by atoms with Crippen LogP contribution in [0.1, 0.15) is 27.0 Å². The first kappa shape index (κ1) is 19.9. The Labute approximate surface area is 164 Å². The lowest BCUT2D eigenvalue weighted by Crippen LogP contribution is -2.10. The van der Waals surface area contributed by atoms with Crippen LogP contribution in [-0.2, 0) is 0 Å². The number of thioether (sulfide) groups is 1. The molecule has 0 unspecified atom stereocenters. The second-order valence-electron chi connectivity index (χ2n) is 6.25. The second kappa shape index (κ2) is 8.47. The number of carbonyl (C=O) groups excluding carboxylic acids is 1. The van der Waals surface area contributed by atoms with E-state index in [4.69, 9.17) is 0 Å². The van der Waals surface area contributed by atoms with E-state index in [1.807, 2.05) is 32.0 Å². The van der Waals surface area contributed by atoms with Crippen molar-refractivity contribution in [3.05, 3.63) is 58.7 Å². The molecule has 6 nitrogen and oxygen atoms in total. The average molecular weight is 404 g/mol. The number of aromatic nitrogens is 4. The number of halogens is 2. The molecule has 0 bridgehead atoms. The number of Topliss-reactive ketones (excluding diaryl/α,β-unsaturated/α-hetero) is 1. The van der Waals surface area contributed by atoms with Gasteiger partial charge >= 0.3 is 6.61 Å². The fraction of sp³-hybridized carbons (Fsp3) is 0.263. The molecule has 0 amide bonds. The minimum atomic E-state index is -3.00. The number of hydrogen-bond donors (Lipinski definition) is 0. The number of ketones is 1. The van der Waals surface area contributed by atoms with Crippen LogP contribution in [0.25, 0.3) is 5.69 Å². The van der Waals surface area contributed by atoms with Gasteiger partial charge in [0.05, 0.1) is 17.0 Å². The molecule has 9 heteroatoms. The number of nitrogens with zero attached hydrogens (tertiary/aromatic N) is 4. The van der Waals surface area contributed by atoms with E-state index in [2.05, 4.69) is 20.3 Å². The Morgan fingerprint density at radius 3 is 2.57 bits per heavy atom. The lowest BCUT2D eigenvalue weighted by Gasteiger charge is -2.11. The molecule has 146 valence electrons. The number of benzene rings is 2. The summed E-state index contributed by atoms with van der Waals surface area (Å²) >= 11 is 1.13. The third-order valence-corrected chi connectivity index (χ3v) is 4.92. The largest absolute Gasteiger partial charge is 0.434 e. The highest BCUT2D eigenvalue weighted by atomic mass is 32.2. The Hall–Kier alpha value is -2.81. The molecule has 0 N–H and O–H groups in total. The second-order valence-corrected chi connectivity index (χ2v) is 7.20. The van der Waals surface area contributed by atoms with Gasteiger partial charge in [0.1, 0.15) is 5.75 Å². The summed E-state index contributed by atoms with van der Waals surface area (Å²) in [6, 6.07) is 10.4. The fourth-order valence-electron chi connectivity index (χ4n) is 2.73. The van der Waals surface area contributed by atoms with Crippen molar-refractivity contribution in [2.75, 3.05) is 5.75 Å². The Kier molecular flexibility index (Phi) is 6.03. The fourth-order valence-corrected chi connectivity index (χ4v) is 3.50. The molecule has 0 fully saturated rings. The molecular formula is C19H18F2N4O2S. The van der Waals surface area contributed by atoms with Crippen molar-refractivity contribution in [1.29, 1.82) is 0 Å². The topological polar surface area (TPSA) is 69.9 Å². The van der Waals surface area contributed by atoms with Crippen molar-refractivity contribution in [3.63, 3.8) is 0 Å². The Balaban J connectivity index is 1.80. The van der Waals surface area contributed by atoms with Gasteiger partial charge in [-0.1, -0.05) is 41.1 Å². The Morgan fingerprint density at radius 1 is 1.14 bits per heavy atom. The van der Waals surface area contributed by atoms with Gasteiger partial charge < -0.3 is 4.74 Å². The highest BCUT2D eigenvalue weighted by molar-refractivity contribution is 7.99. The molecule has 2 aromatic carbocycles. The number of aryl methyl sites for hydroxylation is 3. The lowest BCUT2D eigenvalue weighted by atomic mass is 10.1. The predicted molar refractivity (Wildman–Crippen MR) is 101 cm³/mol. The van der Waals surface area contributed by atoms with E-state index in [-0.39, 0.29) is 22.8 Å². The first-order chi connectivity index (χ1) is 13.3. The molecule has 1 heterocycles. The summed E-state index contributed by atoms with van der Waals surface area (Å²) < 4.78 is 31.2. The number of hydrogen-bond acceptors (Lipinski definition) is 6. The van der Waals surface area contributed by atoms with Crippen LogP contribution in [0.5, 0.6) is 5.75 Å². The van der Waals surface area contributed by atoms with Crippen molar-refractivity contribution in [3.8, 4) is 11.4 Å². The zero-order valence-corrected chi connectivity index (χ0v) is 16.3. The van der Waals surface area contributed by atoms with Gasteiger partial charge in [-0.2, -0.15) is 13.5 Å². The summed E-state index contributed by atoms with van der Waals surface area (Å²) in [6.45, 7) is 2.71. The maximum absolute atomic E-state index is 12.6. The zero-order chi connectivity index (χ0) is 20.3. The van der Waals surface area contributed by atoms with E-state index in [0.717, 1.165) is 34.1 Å². The average Bonchev–Trinajstić information content (AvgIpc) is 3.09. The molecular weight excluding hydrogens is 386 g/mol. The molecule has 0 saturated carbocycles. The SMILES string of the molecule is Cc1ccc(-n2nnnc2SCC(=O)c2cc(C)ccc2OC(F)F)c(C)c1. The molecule has 3 aromatic rings. The van der Waals surface area contributed by atoms with E-state index in [0.29, 0.717) is 5.16 Å². The summed E-state index contributed by atoms with van der Waals surface area (Å²) in [4.78, 5) is 12.6. The van der Waals surface area contributed by atoms with Gasteiger partial charge in [-0.3, -0.25) is 4.79 Å². The molecule has 28 heavy (non-hydrogen) atoms. The van der Waals surface area contributed by atoms with E-state index in [9.17, 15) is 13.6 Å². The molecule has 0 saturated heterocycles. The summed E-state index contributed by atoms with van der Waals surface area (Å²) in [5.74, 6) is -0.506. The lowest BCUT2D eigenvalue weighted by molar-refractivity contribution is -0.0501. The molecule has 3 rings (SSSR count). The number of rotatable bonds is 7. The zero-order valence-electron chi connectivity index (χ0n) is 15.5. The Morgan fingerprint density at radius 2 is 1.86 bits per heavy atom. The summed E-state index contributed by atoms with van der Waals surface area (Å²) in [6.07, 6.45) is 0. The first-order valence-electron chi connectivity index (χ1n) is 8.42. The standard InChI is InChI=1S/C19H18F2N4O2S/c1-11-4-6-15(13(3)8-11)25-19(22-23-24-25)28-10-16(26)14-9-12(2)5-7-17(14)27-18(20)21/h4-9,18H,10H2,1-3H3. The summed E-state index contributed by atoms with van der Waals surface area (Å²) in [5.41, 5.74) is 3.80. The highest BCUT2D eigenvalue weighted by Crippen LogP contribution is 2.26. The predicted octanol–water partition coefficient (Wildman–Crippen LogP) is 4.16. The van der Waals surface area contributed by atoms with E-state index in [1.165, 1.54) is 12.1 Å². The van der Waals surface area contributed by atoms with Crippen LogP contribution in [0.2, 0.25) is 0 Å². The molecule has 0 aliphatic rings. The van der Waals surface area contributed by atoms with Crippen molar-refractivity contribution < 1.29 is 18.3 Å². The van der Waals surface area contributed by atoms with Gasteiger partial charge in [0.15, 0.2) is 5.78 Å². The third kappa shape index (κ3) is 4.53. The van der Waals surface area contributed by atoms with Crippen molar-refractivity contribution >= 4 is 17.5 Å². The maximum Gasteiger partial charge on any atom is 0.387 e. The molecule has 0 atom stereocenters. The van der Waals surface area contributed by atoms with Crippen LogP contribution < -0.4 is 4.74 Å². The normalized spacial score (nSPS) is 11.1. The van der Waals surface area contributed by atoms with E-state index >= 15 is 0 Å². The first-order valence-corrected chi connectivity index (χ1v) is 9.41. The molecule has 0 aliphatic heterocycles. The number of alkyl halides is 2. The number of carbonyl (C=O) groups is 1. The van der Waals surface area contributed by atoms with E-state index < -0.39 is 6.61 Å². The maximum atomic E-state index is 12.6. The van der Waals surface area contributed by atoms with Crippen LogP contribution in [0.4, 0.5) is 8.78 Å². The van der Waals surface area contributed by atoms with Gasteiger partial charge in [-0.25, -0.2) is 0 Å². The van der Waals surface area contributed by atoms with E-state index in [1.54, 1.807) is 17.7 Å². The van der Waals surface area contributed by atoms with Gasteiger partial charge in [0.2, 0.25) is 5.16 Å².